The summed E-state index contributed by atoms with van der Waals surface area (Å²) in [5.74, 6) is 0. The van der Waals surface area contributed by atoms with Crippen LogP contribution in [0.3, 0.4) is 0 Å². The smallest absolute Gasteiger partial charge is 0.0623 e. The molecule has 0 radical (unpaired) electrons. The highest BCUT2D eigenvalue weighted by Gasteiger charge is 2.14. The number of nitrogens with one attached hydrogen (secondary N) is 1. The summed E-state index contributed by atoms with van der Waals surface area (Å²) in [7, 11) is 0. The third-order valence-corrected chi connectivity index (χ3v) is 4.06. The van der Waals surface area contributed by atoms with Crippen molar-refractivity contribution in [2.75, 3.05) is 19.8 Å². The monoisotopic (exact) mass is 269 g/mol. The maximum absolute atomic E-state index is 5.47. The maximum atomic E-state index is 5.47. The summed E-state index contributed by atoms with van der Waals surface area (Å²) in [5, 5.41) is 4.85. The number of halogens is 1. The minimum Gasteiger partial charge on any atom is -0.379 e. The van der Waals surface area contributed by atoms with Crippen LogP contribution in [-0.2, 0) is 11.2 Å². The molecule has 0 saturated carbocycles. The van der Waals surface area contributed by atoms with Crippen LogP contribution in [0.15, 0.2) is 30.3 Å². The first kappa shape index (κ1) is 12.8. The van der Waals surface area contributed by atoms with Gasteiger partial charge in [0, 0.05) is 22.2 Å². The zero-order chi connectivity index (χ0) is 10.8. The van der Waals surface area contributed by atoms with Crippen LogP contribution in [0.4, 0.5) is 0 Å². The molecule has 1 saturated heterocycles. The fourth-order valence-electron chi connectivity index (χ4n) is 2.13. The standard InChI is InChI=1S/C13H15NOS.ClH/c1-2-4-13-10(3-1)7-12(16-13)8-11-9-15-6-5-14-11;/h1-4,7,11,14H,5-6,8-9H2;1H. The molecule has 1 fully saturated rings. The number of morpholine rings is 1. The van der Waals surface area contributed by atoms with Crippen molar-refractivity contribution in [2.24, 2.45) is 0 Å². The van der Waals surface area contributed by atoms with Crippen LogP contribution >= 0.6 is 23.7 Å². The molecule has 2 nitrogen and oxygen atoms in total. The van der Waals surface area contributed by atoms with Gasteiger partial charge in [-0.25, -0.2) is 0 Å². The molecule has 1 atom stereocenters. The molecular weight excluding hydrogens is 254 g/mol. The van der Waals surface area contributed by atoms with E-state index in [1.807, 2.05) is 11.3 Å². The van der Waals surface area contributed by atoms with Gasteiger partial charge in [0.05, 0.1) is 13.2 Å². The number of thiophene rings is 1. The van der Waals surface area contributed by atoms with Gasteiger partial charge in [-0.3, -0.25) is 0 Å². The highest BCUT2D eigenvalue weighted by atomic mass is 35.5. The lowest BCUT2D eigenvalue weighted by Gasteiger charge is -2.23. The fourth-order valence-corrected chi connectivity index (χ4v) is 3.28. The van der Waals surface area contributed by atoms with Gasteiger partial charge in [0.25, 0.3) is 0 Å². The first-order valence-electron chi connectivity index (χ1n) is 5.70. The molecule has 2 aromatic rings. The van der Waals surface area contributed by atoms with Gasteiger partial charge in [-0.1, -0.05) is 18.2 Å². The molecule has 1 N–H and O–H groups in total. The summed E-state index contributed by atoms with van der Waals surface area (Å²) in [6.45, 7) is 2.67. The molecule has 0 bridgehead atoms. The molecule has 1 aliphatic heterocycles. The van der Waals surface area contributed by atoms with Crippen LogP contribution < -0.4 is 5.32 Å². The molecule has 1 aromatic carbocycles. The summed E-state index contributed by atoms with van der Waals surface area (Å²) in [4.78, 5) is 1.45. The highest BCUT2D eigenvalue weighted by molar-refractivity contribution is 7.19. The van der Waals surface area contributed by atoms with Crippen LogP contribution in [0.1, 0.15) is 4.88 Å². The zero-order valence-corrected chi connectivity index (χ0v) is 11.2. The lowest BCUT2D eigenvalue weighted by atomic mass is 10.1. The van der Waals surface area contributed by atoms with Gasteiger partial charge >= 0.3 is 0 Å². The van der Waals surface area contributed by atoms with Crippen molar-refractivity contribution in [2.45, 2.75) is 12.5 Å². The quantitative estimate of drug-likeness (QED) is 0.905. The van der Waals surface area contributed by atoms with E-state index >= 15 is 0 Å². The van der Waals surface area contributed by atoms with E-state index in [0.717, 1.165) is 26.2 Å². The van der Waals surface area contributed by atoms with Crippen molar-refractivity contribution < 1.29 is 4.74 Å². The Hall–Kier alpha value is -0.610. The van der Waals surface area contributed by atoms with Gasteiger partial charge in [0.2, 0.25) is 0 Å². The lowest BCUT2D eigenvalue weighted by molar-refractivity contribution is 0.0772. The molecule has 0 aliphatic carbocycles. The Kier molecular flexibility index (Phi) is 4.40. The molecule has 2 heterocycles. The predicted molar refractivity (Wildman–Crippen MR) is 75.4 cm³/mol. The van der Waals surface area contributed by atoms with Crippen LogP contribution in [0.5, 0.6) is 0 Å². The third-order valence-electron chi connectivity index (χ3n) is 2.92. The Morgan fingerprint density at radius 3 is 3.00 bits per heavy atom. The average Bonchev–Trinajstić information content (AvgIpc) is 2.72. The number of benzene rings is 1. The number of ether oxygens (including phenoxy) is 1. The van der Waals surface area contributed by atoms with Gasteiger partial charge in [0.15, 0.2) is 0 Å². The van der Waals surface area contributed by atoms with Crippen molar-refractivity contribution in [1.29, 1.82) is 0 Å². The van der Waals surface area contributed by atoms with E-state index in [9.17, 15) is 0 Å². The normalized spacial score (nSPS) is 20.1. The number of rotatable bonds is 2. The second-order valence-corrected chi connectivity index (χ2v) is 5.35. The molecule has 1 aliphatic rings. The van der Waals surface area contributed by atoms with Crippen molar-refractivity contribution in [1.82, 2.24) is 5.32 Å². The minimum absolute atomic E-state index is 0. The third kappa shape index (κ3) is 2.99. The predicted octanol–water partition coefficient (Wildman–Crippen LogP) is 2.85. The second kappa shape index (κ2) is 5.83. The van der Waals surface area contributed by atoms with Gasteiger partial charge in [-0.2, -0.15) is 0 Å². The summed E-state index contributed by atoms with van der Waals surface area (Å²) in [6.07, 6.45) is 1.08. The van der Waals surface area contributed by atoms with Crippen LogP contribution in [0.2, 0.25) is 0 Å². The zero-order valence-electron chi connectivity index (χ0n) is 9.52. The van der Waals surface area contributed by atoms with E-state index in [1.54, 1.807) is 0 Å². The second-order valence-electron chi connectivity index (χ2n) is 4.18. The van der Waals surface area contributed by atoms with Gasteiger partial charge < -0.3 is 10.1 Å². The number of fused-ring (bicyclic) bond motifs is 1. The molecule has 1 unspecified atom stereocenters. The Bertz CT molecular complexity index is 446. The SMILES string of the molecule is Cl.c1ccc2sc(CC3COCCN3)cc2c1. The molecule has 3 rings (SSSR count). The van der Waals surface area contributed by atoms with E-state index in [2.05, 4.69) is 35.6 Å². The van der Waals surface area contributed by atoms with Crippen LogP contribution in [0, 0.1) is 0 Å². The van der Waals surface area contributed by atoms with Crippen LogP contribution in [-0.4, -0.2) is 25.8 Å². The minimum atomic E-state index is 0. The topological polar surface area (TPSA) is 21.3 Å². The highest BCUT2D eigenvalue weighted by Crippen LogP contribution is 2.26. The summed E-state index contributed by atoms with van der Waals surface area (Å²) in [5.41, 5.74) is 0. The molecule has 0 spiro atoms. The molecule has 92 valence electrons. The Balaban J connectivity index is 0.00000108. The molecule has 0 amide bonds. The van der Waals surface area contributed by atoms with Crippen molar-refractivity contribution in [3.8, 4) is 0 Å². The number of hydrogen-bond acceptors (Lipinski definition) is 3. The van der Waals surface area contributed by atoms with Crippen molar-refractivity contribution in [3.63, 3.8) is 0 Å². The van der Waals surface area contributed by atoms with E-state index in [0.29, 0.717) is 6.04 Å². The molecule has 4 heteroatoms. The molecule has 17 heavy (non-hydrogen) atoms. The first-order chi connectivity index (χ1) is 7.92. The van der Waals surface area contributed by atoms with Gasteiger partial charge in [-0.05, 0) is 23.9 Å². The lowest BCUT2D eigenvalue weighted by Crippen LogP contribution is -2.42. The van der Waals surface area contributed by atoms with E-state index in [4.69, 9.17) is 4.74 Å². The van der Waals surface area contributed by atoms with E-state index in [-0.39, 0.29) is 12.4 Å². The maximum Gasteiger partial charge on any atom is 0.0623 e. The average molecular weight is 270 g/mol. The summed E-state index contributed by atoms with van der Waals surface area (Å²) < 4.78 is 6.85. The van der Waals surface area contributed by atoms with Gasteiger partial charge in [-0.15, -0.1) is 23.7 Å². The van der Waals surface area contributed by atoms with E-state index < -0.39 is 0 Å². The number of hydrogen-bond donors (Lipinski definition) is 1. The van der Waals surface area contributed by atoms with Crippen molar-refractivity contribution in [3.05, 3.63) is 35.2 Å². The first-order valence-corrected chi connectivity index (χ1v) is 6.52. The fraction of sp³-hybridized carbons (Fsp3) is 0.385. The van der Waals surface area contributed by atoms with Crippen LogP contribution in [0.25, 0.3) is 10.1 Å². The summed E-state index contributed by atoms with van der Waals surface area (Å²) in [6, 6.07) is 11.4. The largest absolute Gasteiger partial charge is 0.379 e. The molecule has 1 aromatic heterocycles. The van der Waals surface area contributed by atoms with Gasteiger partial charge in [0.1, 0.15) is 0 Å². The molecular formula is C13H16ClNOS. The van der Waals surface area contributed by atoms with E-state index in [1.165, 1.54) is 15.0 Å². The Labute approximate surface area is 111 Å². The van der Waals surface area contributed by atoms with Crippen molar-refractivity contribution >= 4 is 33.8 Å². The summed E-state index contributed by atoms with van der Waals surface area (Å²) >= 11 is 1.90. The Morgan fingerprint density at radius 1 is 1.35 bits per heavy atom. The Morgan fingerprint density at radius 2 is 2.24 bits per heavy atom.